The predicted molar refractivity (Wildman–Crippen MR) is 127 cm³/mol. The summed E-state index contributed by atoms with van der Waals surface area (Å²) in [4.78, 5) is 11.0. The number of hydrogen-bond donors (Lipinski definition) is 2. The molecule has 0 fully saturated rings. The molecule has 0 heterocycles. The van der Waals surface area contributed by atoms with Gasteiger partial charge in [0.05, 0.1) is 24.7 Å². The van der Waals surface area contributed by atoms with Crippen molar-refractivity contribution in [2.45, 2.75) is 130 Å². The lowest BCUT2D eigenvalue weighted by Gasteiger charge is -2.20. The Labute approximate surface area is 186 Å². The second kappa shape index (κ2) is 20.1. The van der Waals surface area contributed by atoms with Crippen molar-refractivity contribution >= 4 is 5.97 Å². The first-order valence-electron chi connectivity index (χ1n) is 12.5. The number of ether oxygens (including phenoxy) is 1. The number of aliphatic carboxylic acids is 1. The largest absolute Gasteiger partial charge is 0.481 e. The number of aliphatic hydroxyl groups excluding tert-OH is 1. The SMILES string of the molecule is CCCCCCCCCCCCCCC/C=C/COC[C@H](O)CCC(C)(C)C(=O)O. The quantitative estimate of drug-likeness (QED) is 0.141. The molecule has 4 heteroatoms. The fourth-order valence-corrected chi connectivity index (χ4v) is 3.46. The summed E-state index contributed by atoms with van der Waals surface area (Å²) in [5.74, 6) is -0.827. The van der Waals surface area contributed by atoms with Crippen LogP contribution >= 0.6 is 0 Å². The van der Waals surface area contributed by atoms with Crippen LogP contribution in [0.1, 0.15) is 124 Å². The van der Waals surface area contributed by atoms with Crippen LogP contribution in [0, 0.1) is 5.41 Å². The number of allylic oxidation sites excluding steroid dienone is 1. The van der Waals surface area contributed by atoms with E-state index in [4.69, 9.17) is 9.84 Å². The molecule has 4 nitrogen and oxygen atoms in total. The highest BCUT2D eigenvalue weighted by atomic mass is 16.5. The van der Waals surface area contributed by atoms with Gasteiger partial charge >= 0.3 is 5.97 Å². The van der Waals surface area contributed by atoms with Gasteiger partial charge in [0, 0.05) is 0 Å². The van der Waals surface area contributed by atoms with Crippen LogP contribution in [0.2, 0.25) is 0 Å². The van der Waals surface area contributed by atoms with E-state index in [0.717, 1.165) is 6.42 Å². The number of unbranched alkanes of at least 4 members (excludes halogenated alkanes) is 13. The van der Waals surface area contributed by atoms with Crippen LogP contribution in [0.15, 0.2) is 12.2 Å². The maximum Gasteiger partial charge on any atom is 0.309 e. The molecule has 0 aliphatic rings. The lowest BCUT2D eigenvalue weighted by atomic mass is 9.87. The Morgan fingerprint density at radius 2 is 1.37 bits per heavy atom. The van der Waals surface area contributed by atoms with Gasteiger partial charge in [-0.2, -0.15) is 0 Å². The molecule has 0 aliphatic carbocycles. The van der Waals surface area contributed by atoms with E-state index in [2.05, 4.69) is 13.0 Å². The van der Waals surface area contributed by atoms with Crippen molar-refractivity contribution in [1.29, 1.82) is 0 Å². The fourth-order valence-electron chi connectivity index (χ4n) is 3.46. The summed E-state index contributed by atoms with van der Waals surface area (Å²) in [6.07, 6.45) is 23.5. The number of aliphatic hydroxyl groups is 1. The zero-order chi connectivity index (χ0) is 22.5. The molecule has 0 aliphatic heterocycles. The summed E-state index contributed by atoms with van der Waals surface area (Å²) < 4.78 is 5.46. The summed E-state index contributed by atoms with van der Waals surface area (Å²) in [7, 11) is 0. The molecule has 1 atom stereocenters. The van der Waals surface area contributed by atoms with Gasteiger partial charge in [-0.25, -0.2) is 0 Å². The molecular formula is C26H50O4. The van der Waals surface area contributed by atoms with E-state index in [1.54, 1.807) is 13.8 Å². The van der Waals surface area contributed by atoms with Crippen molar-refractivity contribution in [2.24, 2.45) is 5.41 Å². The van der Waals surface area contributed by atoms with E-state index >= 15 is 0 Å². The molecule has 0 saturated carbocycles. The minimum absolute atomic E-state index is 0.263. The first-order valence-corrected chi connectivity index (χ1v) is 12.5. The molecule has 0 rings (SSSR count). The minimum Gasteiger partial charge on any atom is -0.481 e. The van der Waals surface area contributed by atoms with E-state index in [1.165, 1.54) is 83.5 Å². The number of hydrogen-bond acceptors (Lipinski definition) is 3. The highest BCUT2D eigenvalue weighted by Crippen LogP contribution is 2.23. The van der Waals surface area contributed by atoms with Gasteiger partial charge < -0.3 is 14.9 Å². The third kappa shape index (κ3) is 19.1. The Balaban J connectivity index is 3.33. The number of carboxylic acid groups (broad SMARTS) is 1. The zero-order valence-corrected chi connectivity index (χ0v) is 20.2. The van der Waals surface area contributed by atoms with Crippen molar-refractivity contribution < 1.29 is 19.7 Å². The van der Waals surface area contributed by atoms with Gasteiger partial charge in [-0.1, -0.05) is 96.1 Å². The minimum atomic E-state index is -0.827. The molecule has 0 saturated heterocycles. The number of carboxylic acids is 1. The molecule has 0 aromatic heterocycles. The average Bonchev–Trinajstić information content (AvgIpc) is 2.71. The normalized spacial score (nSPS) is 13.2. The van der Waals surface area contributed by atoms with Gasteiger partial charge in [-0.15, -0.1) is 0 Å². The van der Waals surface area contributed by atoms with E-state index in [0.29, 0.717) is 19.4 Å². The summed E-state index contributed by atoms with van der Waals surface area (Å²) in [5.41, 5.74) is -0.797. The number of rotatable bonds is 22. The van der Waals surface area contributed by atoms with E-state index in [-0.39, 0.29) is 6.61 Å². The first kappa shape index (κ1) is 29.1. The second-order valence-corrected chi connectivity index (χ2v) is 9.42. The maximum atomic E-state index is 11.0. The van der Waals surface area contributed by atoms with Gasteiger partial charge in [-0.05, 0) is 39.5 Å². The summed E-state index contributed by atoms with van der Waals surface area (Å²) in [6.45, 7) is 6.41. The smallest absolute Gasteiger partial charge is 0.309 e. The number of carbonyl (C=O) groups is 1. The van der Waals surface area contributed by atoms with Gasteiger partial charge in [0.15, 0.2) is 0 Å². The average molecular weight is 427 g/mol. The molecular weight excluding hydrogens is 376 g/mol. The van der Waals surface area contributed by atoms with Gasteiger partial charge in [0.2, 0.25) is 0 Å². The van der Waals surface area contributed by atoms with E-state index < -0.39 is 17.5 Å². The molecule has 178 valence electrons. The highest BCUT2D eigenvalue weighted by Gasteiger charge is 2.27. The van der Waals surface area contributed by atoms with E-state index in [1.807, 2.05) is 6.08 Å². The Morgan fingerprint density at radius 3 is 1.87 bits per heavy atom. The van der Waals surface area contributed by atoms with Crippen LogP contribution in [0.4, 0.5) is 0 Å². The molecule has 0 aromatic carbocycles. The Morgan fingerprint density at radius 1 is 0.867 bits per heavy atom. The van der Waals surface area contributed by atoms with Crippen LogP contribution in [-0.4, -0.2) is 35.5 Å². The third-order valence-corrected chi connectivity index (χ3v) is 5.85. The third-order valence-electron chi connectivity index (χ3n) is 5.85. The predicted octanol–water partition coefficient (Wildman–Crippen LogP) is 7.29. The van der Waals surface area contributed by atoms with Crippen LogP contribution in [0.25, 0.3) is 0 Å². The van der Waals surface area contributed by atoms with Crippen molar-refractivity contribution in [3.05, 3.63) is 12.2 Å². The van der Waals surface area contributed by atoms with Gasteiger partial charge in [-0.3, -0.25) is 4.79 Å². The molecule has 0 amide bonds. The van der Waals surface area contributed by atoms with Gasteiger partial charge in [0.25, 0.3) is 0 Å². The second-order valence-electron chi connectivity index (χ2n) is 9.42. The molecule has 0 aromatic rings. The lowest BCUT2D eigenvalue weighted by molar-refractivity contribution is -0.147. The van der Waals surface area contributed by atoms with Crippen molar-refractivity contribution in [3.8, 4) is 0 Å². The monoisotopic (exact) mass is 426 g/mol. The fraction of sp³-hybridized carbons (Fsp3) is 0.885. The highest BCUT2D eigenvalue weighted by molar-refractivity contribution is 5.73. The molecule has 0 bridgehead atoms. The van der Waals surface area contributed by atoms with Crippen LogP contribution in [-0.2, 0) is 9.53 Å². The topological polar surface area (TPSA) is 66.8 Å². The summed E-state index contributed by atoms with van der Waals surface area (Å²) in [5, 5.41) is 19.0. The zero-order valence-electron chi connectivity index (χ0n) is 20.2. The Kier molecular flexibility index (Phi) is 19.5. The van der Waals surface area contributed by atoms with Crippen LogP contribution < -0.4 is 0 Å². The molecule has 2 N–H and O–H groups in total. The summed E-state index contributed by atoms with van der Waals surface area (Å²) >= 11 is 0. The molecule has 30 heavy (non-hydrogen) atoms. The van der Waals surface area contributed by atoms with E-state index in [9.17, 15) is 9.90 Å². The summed E-state index contributed by atoms with van der Waals surface area (Å²) in [6, 6.07) is 0. The lowest BCUT2D eigenvalue weighted by Crippen LogP contribution is -2.26. The van der Waals surface area contributed by atoms with Crippen LogP contribution in [0.3, 0.4) is 0 Å². The molecule has 0 spiro atoms. The van der Waals surface area contributed by atoms with Crippen molar-refractivity contribution in [1.82, 2.24) is 0 Å². The maximum absolute atomic E-state index is 11.0. The van der Waals surface area contributed by atoms with Crippen molar-refractivity contribution in [3.63, 3.8) is 0 Å². The standard InChI is InChI=1S/C26H50O4/c1-4-5-6-7-8-9-10-11-12-13-14-15-16-17-18-19-22-30-23-24(27)20-21-26(2,3)25(28)29/h18-19,24,27H,4-17,20-23H2,1-3H3,(H,28,29)/b19-18+/t24-/m1/s1. The Bertz CT molecular complexity index is 417. The Hall–Kier alpha value is -0.870. The van der Waals surface area contributed by atoms with Gasteiger partial charge in [0.1, 0.15) is 0 Å². The molecule has 0 unspecified atom stereocenters. The van der Waals surface area contributed by atoms with Crippen LogP contribution in [0.5, 0.6) is 0 Å². The first-order chi connectivity index (χ1) is 14.4. The molecule has 0 radical (unpaired) electrons. The van der Waals surface area contributed by atoms with Crippen molar-refractivity contribution in [2.75, 3.05) is 13.2 Å².